The summed E-state index contributed by atoms with van der Waals surface area (Å²) in [4.78, 5) is 19.3. The van der Waals surface area contributed by atoms with Crippen LogP contribution >= 0.6 is 11.3 Å². The summed E-state index contributed by atoms with van der Waals surface area (Å²) in [6.45, 7) is 3.97. The number of carbonyl (C=O) groups excluding carboxylic acids is 1. The van der Waals surface area contributed by atoms with E-state index in [4.69, 9.17) is 0 Å². The van der Waals surface area contributed by atoms with Crippen molar-refractivity contribution < 1.29 is 4.79 Å². The van der Waals surface area contributed by atoms with Crippen LogP contribution in [0.5, 0.6) is 0 Å². The van der Waals surface area contributed by atoms with Crippen molar-refractivity contribution in [2.24, 2.45) is 7.05 Å². The van der Waals surface area contributed by atoms with Gasteiger partial charge in [-0.15, -0.1) is 5.10 Å². The van der Waals surface area contributed by atoms with Gasteiger partial charge in [0.15, 0.2) is 0 Å². The molecule has 1 aliphatic rings. The third-order valence-corrected chi connectivity index (χ3v) is 5.50. The molecule has 3 aromatic heterocycles. The maximum atomic E-state index is 12.3. The average Bonchev–Trinajstić information content (AvgIpc) is 3.20. The van der Waals surface area contributed by atoms with Gasteiger partial charge in [-0.05, 0) is 13.8 Å². The highest BCUT2D eigenvalue weighted by Crippen LogP contribution is 2.36. The highest BCUT2D eigenvalue weighted by molar-refractivity contribution is 7.20. The van der Waals surface area contributed by atoms with Crippen molar-refractivity contribution in [3.8, 4) is 0 Å². The smallest absolute Gasteiger partial charge is 0.225 e. The van der Waals surface area contributed by atoms with Crippen LogP contribution in [-0.2, 0) is 11.8 Å². The van der Waals surface area contributed by atoms with Gasteiger partial charge < -0.3 is 10.2 Å². The lowest BCUT2D eigenvalue weighted by Crippen LogP contribution is -2.30. The van der Waals surface area contributed by atoms with E-state index < -0.39 is 0 Å². The minimum atomic E-state index is -0.0517. The first kappa shape index (κ1) is 15.1. The Morgan fingerprint density at radius 2 is 2.12 bits per heavy atom. The molecule has 3 aromatic rings. The summed E-state index contributed by atoms with van der Waals surface area (Å²) in [5, 5.41) is 13.0. The molecule has 0 radical (unpaired) electrons. The van der Waals surface area contributed by atoms with Crippen molar-refractivity contribution in [1.82, 2.24) is 29.3 Å². The molecule has 4 heterocycles. The number of rotatable bonds is 3. The summed E-state index contributed by atoms with van der Waals surface area (Å²) in [5.74, 6) is 0.123. The van der Waals surface area contributed by atoms with Gasteiger partial charge >= 0.3 is 0 Å². The zero-order chi connectivity index (χ0) is 17.0. The van der Waals surface area contributed by atoms with Gasteiger partial charge in [-0.2, -0.15) is 5.10 Å². The Morgan fingerprint density at radius 1 is 1.33 bits per heavy atom. The second-order valence-corrected chi connectivity index (χ2v) is 7.19. The van der Waals surface area contributed by atoms with E-state index in [1.807, 2.05) is 45.0 Å². The fraction of sp³-hybridized carbons (Fsp3) is 0.467. The molecular weight excluding hydrogens is 326 g/mol. The van der Waals surface area contributed by atoms with Gasteiger partial charge in [-0.25, -0.2) is 9.50 Å². The highest BCUT2D eigenvalue weighted by atomic mass is 32.1. The fourth-order valence-electron chi connectivity index (χ4n) is 3.26. The molecule has 9 heteroatoms. The highest BCUT2D eigenvalue weighted by Gasteiger charge is 2.40. The first-order chi connectivity index (χ1) is 11.4. The zero-order valence-electron chi connectivity index (χ0n) is 14.0. The van der Waals surface area contributed by atoms with E-state index >= 15 is 0 Å². The Hall–Kier alpha value is -2.42. The molecule has 0 aliphatic carbocycles. The molecule has 0 aromatic carbocycles. The van der Waals surface area contributed by atoms with Gasteiger partial charge in [0.1, 0.15) is 0 Å². The Bertz CT molecular complexity index is 892. The minimum Gasteiger partial charge on any atom is -0.354 e. The monoisotopic (exact) mass is 345 g/mol. The van der Waals surface area contributed by atoms with Crippen LogP contribution in [-0.4, -0.2) is 48.3 Å². The second-order valence-electron chi connectivity index (χ2n) is 6.23. The zero-order valence-corrected chi connectivity index (χ0v) is 14.8. The Labute approximate surface area is 143 Å². The molecule has 2 atom stereocenters. The summed E-state index contributed by atoms with van der Waals surface area (Å²) in [6, 6.07) is -0.0912. The lowest BCUT2D eigenvalue weighted by molar-refractivity contribution is -0.127. The predicted octanol–water partition coefficient (Wildman–Crippen LogP) is 1.53. The largest absolute Gasteiger partial charge is 0.354 e. The van der Waals surface area contributed by atoms with Crippen LogP contribution < -0.4 is 5.32 Å². The maximum absolute atomic E-state index is 12.3. The van der Waals surface area contributed by atoms with Crippen LogP contribution in [0.4, 0.5) is 5.13 Å². The number of nitrogens with zero attached hydrogens (tertiary/aromatic N) is 6. The number of hydrogen-bond donors (Lipinski definition) is 1. The van der Waals surface area contributed by atoms with Crippen molar-refractivity contribution in [2.75, 3.05) is 12.4 Å². The SMILES string of the molecule is Cc1cn2nc(N[C@@H]3CC(=O)N(C)[C@H]3c3cnn(C)c3C)sc2n1. The van der Waals surface area contributed by atoms with Gasteiger partial charge in [0.2, 0.25) is 16.0 Å². The van der Waals surface area contributed by atoms with Gasteiger partial charge in [0.25, 0.3) is 0 Å². The van der Waals surface area contributed by atoms with E-state index in [9.17, 15) is 4.79 Å². The van der Waals surface area contributed by atoms with Crippen LogP contribution in [0.2, 0.25) is 0 Å². The van der Waals surface area contributed by atoms with E-state index in [-0.39, 0.29) is 18.0 Å². The average molecular weight is 345 g/mol. The number of amides is 1. The molecule has 0 spiro atoms. The topological polar surface area (TPSA) is 80.4 Å². The summed E-state index contributed by atoms with van der Waals surface area (Å²) in [6.07, 6.45) is 4.18. The predicted molar refractivity (Wildman–Crippen MR) is 91.1 cm³/mol. The van der Waals surface area contributed by atoms with Gasteiger partial charge in [0, 0.05) is 31.8 Å². The van der Waals surface area contributed by atoms with E-state index in [2.05, 4.69) is 20.5 Å². The lowest BCUT2D eigenvalue weighted by Gasteiger charge is -2.25. The standard InChI is InChI=1S/C15H19N7OS/c1-8-7-22-15(17-8)24-14(19-22)18-11-5-12(23)20(3)13(11)10-6-16-21(4)9(10)2/h6-7,11,13H,5H2,1-4H3,(H,18,19)/t11-,13+/m1/s1. The van der Waals surface area contributed by atoms with Crippen molar-refractivity contribution in [3.05, 3.63) is 29.3 Å². The Morgan fingerprint density at radius 3 is 2.79 bits per heavy atom. The van der Waals surface area contributed by atoms with Crippen LogP contribution in [0.1, 0.15) is 29.4 Å². The number of fused-ring (bicyclic) bond motifs is 1. The first-order valence-corrected chi connectivity index (χ1v) is 8.59. The second kappa shape index (κ2) is 5.30. The van der Waals surface area contributed by atoms with Gasteiger partial charge in [-0.1, -0.05) is 11.3 Å². The normalized spacial score (nSPS) is 21.2. The number of likely N-dealkylation sites (tertiary alicyclic amines) is 1. The molecule has 1 amide bonds. The summed E-state index contributed by atoms with van der Waals surface area (Å²) in [7, 11) is 3.76. The molecule has 1 aliphatic heterocycles. The quantitative estimate of drug-likeness (QED) is 0.778. The number of nitrogens with one attached hydrogen (secondary N) is 1. The summed E-state index contributed by atoms with van der Waals surface area (Å²) >= 11 is 1.49. The molecule has 0 unspecified atom stereocenters. The Kier molecular flexibility index (Phi) is 3.34. The third-order valence-electron chi connectivity index (χ3n) is 4.65. The number of likely N-dealkylation sites (N-methyl/N-ethyl adjacent to an activating group) is 1. The molecule has 8 nitrogen and oxygen atoms in total. The molecular formula is C15H19N7OS. The van der Waals surface area contributed by atoms with Crippen LogP contribution in [0, 0.1) is 13.8 Å². The number of carbonyl (C=O) groups is 1. The molecule has 0 bridgehead atoms. The minimum absolute atomic E-state index is 0.0395. The van der Waals surface area contributed by atoms with Crippen LogP contribution in [0.3, 0.4) is 0 Å². The molecule has 1 saturated heterocycles. The van der Waals surface area contributed by atoms with E-state index in [1.165, 1.54) is 11.3 Å². The number of aromatic nitrogens is 5. The van der Waals surface area contributed by atoms with Gasteiger partial charge in [-0.3, -0.25) is 9.48 Å². The summed E-state index contributed by atoms with van der Waals surface area (Å²) in [5.41, 5.74) is 3.08. The van der Waals surface area contributed by atoms with Crippen molar-refractivity contribution in [3.63, 3.8) is 0 Å². The number of aryl methyl sites for hydroxylation is 2. The van der Waals surface area contributed by atoms with Crippen molar-refractivity contribution >= 4 is 27.3 Å². The molecule has 0 saturated carbocycles. The molecule has 4 rings (SSSR count). The molecule has 1 fully saturated rings. The van der Waals surface area contributed by atoms with Crippen molar-refractivity contribution in [1.29, 1.82) is 0 Å². The fourth-order valence-corrected chi connectivity index (χ4v) is 4.14. The maximum Gasteiger partial charge on any atom is 0.225 e. The van der Waals surface area contributed by atoms with Crippen molar-refractivity contribution in [2.45, 2.75) is 32.4 Å². The number of imidazole rings is 1. The van der Waals surface area contributed by atoms with E-state index in [0.717, 1.165) is 27.0 Å². The molecule has 1 N–H and O–H groups in total. The number of hydrogen-bond acceptors (Lipinski definition) is 6. The van der Waals surface area contributed by atoms with Crippen LogP contribution in [0.15, 0.2) is 12.4 Å². The van der Waals surface area contributed by atoms with Crippen LogP contribution in [0.25, 0.3) is 4.96 Å². The molecule has 24 heavy (non-hydrogen) atoms. The Balaban J connectivity index is 1.65. The molecule has 126 valence electrons. The summed E-state index contributed by atoms with van der Waals surface area (Å²) < 4.78 is 3.61. The third kappa shape index (κ3) is 2.27. The number of anilines is 1. The van der Waals surface area contributed by atoms with E-state index in [1.54, 1.807) is 9.42 Å². The lowest BCUT2D eigenvalue weighted by atomic mass is 10.0. The first-order valence-electron chi connectivity index (χ1n) is 7.77. The van der Waals surface area contributed by atoms with Gasteiger partial charge in [0.05, 0.1) is 30.2 Å². The van der Waals surface area contributed by atoms with E-state index in [0.29, 0.717) is 6.42 Å².